The fraction of sp³-hybridized carbons (Fsp3) is 0.850. The highest BCUT2D eigenvalue weighted by Crippen LogP contribution is 2.68. The van der Waals surface area contributed by atoms with Gasteiger partial charge in [0.05, 0.1) is 12.2 Å². The number of rotatable bonds is 0. The van der Waals surface area contributed by atoms with Gasteiger partial charge >= 0.3 is 0 Å². The second-order valence-corrected chi connectivity index (χ2v) is 8.89. The topological polar surface area (TPSA) is 26.3 Å². The van der Waals surface area contributed by atoms with E-state index in [1.807, 2.05) is 6.08 Å². The first kappa shape index (κ1) is 13.8. The van der Waals surface area contributed by atoms with Gasteiger partial charge in [-0.15, -0.1) is 0 Å². The van der Waals surface area contributed by atoms with Crippen LogP contribution in [0.25, 0.3) is 0 Å². The van der Waals surface area contributed by atoms with E-state index in [0.717, 1.165) is 43.1 Å². The van der Waals surface area contributed by atoms with Gasteiger partial charge in [-0.3, -0.25) is 4.79 Å². The molecule has 22 heavy (non-hydrogen) atoms. The standard InChI is InChI=1S/C20H28O2/c1-19-8-6-16-15-5-3-14(21)12-13(15)2-4-17(16)18(19)7-9-20(19)10-11-22-20/h12,15-18H,2-11H2,1H3/t15-,16-,17-,18-,19+,20-/m1/s1. The fourth-order valence-corrected chi connectivity index (χ4v) is 7.27. The Kier molecular flexibility index (Phi) is 2.80. The molecule has 4 aliphatic carbocycles. The number of hydrogen-bond acceptors (Lipinski definition) is 2. The van der Waals surface area contributed by atoms with E-state index in [-0.39, 0.29) is 5.60 Å². The number of hydrogen-bond donors (Lipinski definition) is 0. The maximum Gasteiger partial charge on any atom is 0.155 e. The minimum atomic E-state index is 0.251. The summed E-state index contributed by atoms with van der Waals surface area (Å²) in [7, 11) is 0. The van der Waals surface area contributed by atoms with Crippen molar-refractivity contribution in [3.63, 3.8) is 0 Å². The maximum absolute atomic E-state index is 11.8. The highest BCUT2D eigenvalue weighted by Gasteiger charge is 2.65. The highest BCUT2D eigenvalue weighted by molar-refractivity contribution is 5.91. The SMILES string of the molecule is C[C@]12CC[C@H]3[C@@H](CCC4=CC(=O)CC[C@H]43)[C@H]1CC[C@@]21CCO1. The smallest absolute Gasteiger partial charge is 0.155 e. The molecule has 3 saturated carbocycles. The molecule has 0 aromatic carbocycles. The molecule has 1 aliphatic heterocycles. The minimum absolute atomic E-state index is 0.251. The first-order valence-corrected chi connectivity index (χ1v) is 9.50. The van der Waals surface area contributed by atoms with Crippen LogP contribution >= 0.6 is 0 Å². The molecule has 0 N–H and O–H groups in total. The molecule has 0 amide bonds. The van der Waals surface area contributed by atoms with E-state index < -0.39 is 0 Å². The van der Waals surface area contributed by atoms with Crippen LogP contribution in [0.2, 0.25) is 0 Å². The van der Waals surface area contributed by atoms with Gasteiger partial charge in [0.1, 0.15) is 0 Å². The zero-order valence-corrected chi connectivity index (χ0v) is 13.8. The molecule has 0 aromatic heterocycles. The van der Waals surface area contributed by atoms with Gasteiger partial charge in [0.25, 0.3) is 0 Å². The van der Waals surface area contributed by atoms with Gasteiger partial charge < -0.3 is 4.74 Å². The van der Waals surface area contributed by atoms with Gasteiger partial charge in [0.15, 0.2) is 5.78 Å². The number of ether oxygens (including phenoxy) is 1. The Balaban J connectivity index is 1.46. The summed E-state index contributed by atoms with van der Waals surface area (Å²) in [6, 6.07) is 0. The summed E-state index contributed by atoms with van der Waals surface area (Å²) < 4.78 is 6.20. The van der Waals surface area contributed by atoms with Crippen LogP contribution < -0.4 is 0 Å². The van der Waals surface area contributed by atoms with Crippen LogP contribution in [0, 0.1) is 29.1 Å². The molecular formula is C20H28O2. The Morgan fingerprint density at radius 3 is 2.68 bits per heavy atom. The Bertz CT molecular complexity index is 544. The molecule has 0 aromatic rings. The third-order valence-corrected chi connectivity index (χ3v) is 8.47. The van der Waals surface area contributed by atoms with Gasteiger partial charge in [-0.25, -0.2) is 0 Å². The normalized spacial score (nSPS) is 53.3. The average molecular weight is 300 g/mol. The first-order chi connectivity index (χ1) is 10.6. The van der Waals surface area contributed by atoms with E-state index in [9.17, 15) is 4.79 Å². The fourth-order valence-electron chi connectivity index (χ4n) is 7.27. The number of carbonyl (C=O) groups excluding carboxylic acids is 1. The lowest BCUT2D eigenvalue weighted by Gasteiger charge is -2.59. The minimum Gasteiger partial charge on any atom is -0.374 e. The van der Waals surface area contributed by atoms with E-state index in [2.05, 4.69) is 6.92 Å². The Hall–Kier alpha value is -0.630. The van der Waals surface area contributed by atoms with Crippen LogP contribution in [-0.4, -0.2) is 18.0 Å². The molecule has 1 spiro atoms. The number of allylic oxidation sites excluding steroid dienone is 1. The van der Waals surface area contributed by atoms with E-state index in [4.69, 9.17) is 4.74 Å². The average Bonchev–Trinajstić information content (AvgIpc) is 2.79. The van der Waals surface area contributed by atoms with Gasteiger partial charge in [0.2, 0.25) is 0 Å². The highest BCUT2D eigenvalue weighted by atomic mass is 16.5. The van der Waals surface area contributed by atoms with Crippen molar-refractivity contribution in [2.75, 3.05) is 6.61 Å². The molecule has 120 valence electrons. The van der Waals surface area contributed by atoms with Crippen molar-refractivity contribution in [2.24, 2.45) is 29.1 Å². The molecule has 0 unspecified atom stereocenters. The Morgan fingerprint density at radius 2 is 1.91 bits per heavy atom. The molecule has 2 heteroatoms. The predicted molar refractivity (Wildman–Crippen MR) is 85.4 cm³/mol. The summed E-state index contributed by atoms with van der Waals surface area (Å²) >= 11 is 0. The molecule has 5 rings (SSSR count). The van der Waals surface area contributed by atoms with E-state index in [1.165, 1.54) is 50.5 Å². The molecule has 2 nitrogen and oxygen atoms in total. The first-order valence-electron chi connectivity index (χ1n) is 9.50. The maximum atomic E-state index is 11.8. The van der Waals surface area contributed by atoms with Gasteiger partial charge in [-0.2, -0.15) is 0 Å². The summed E-state index contributed by atoms with van der Waals surface area (Å²) in [5.41, 5.74) is 2.20. The molecule has 6 atom stereocenters. The lowest BCUT2D eigenvalue weighted by Crippen LogP contribution is -2.58. The lowest BCUT2D eigenvalue weighted by atomic mass is 9.50. The van der Waals surface area contributed by atoms with Gasteiger partial charge in [-0.05, 0) is 80.1 Å². The summed E-state index contributed by atoms with van der Waals surface area (Å²) in [6.45, 7) is 3.55. The Labute approximate surface area is 133 Å². The van der Waals surface area contributed by atoms with E-state index in [0.29, 0.717) is 11.2 Å². The van der Waals surface area contributed by atoms with Crippen LogP contribution in [0.4, 0.5) is 0 Å². The summed E-state index contributed by atoms with van der Waals surface area (Å²) in [5.74, 6) is 3.76. The van der Waals surface area contributed by atoms with Crippen LogP contribution in [0.5, 0.6) is 0 Å². The van der Waals surface area contributed by atoms with Crippen molar-refractivity contribution in [1.29, 1.82) is 0 Å². The third-order valence-electron chi connectivity index (χ3n) is 8.47. The molecule has 1 saturated heterocycles. The molecule has 0 radical (unpaired) electrons. The van der Waals surface area contributed by atoms with E-state index >= 15 is 0 Å². The largest absolute Gasteiger partial charge is 0.374 e. The lowest BCUT2D eigenvalue weighted by molar-refractivity contribution is -0.224. The zero-order valence-electron chi connectivity index (χ0n) is 13.8. The van der Waals surface area contributed by atoms with Crippen LogP contribution in [0.1, 0.15) is 64.7 Å². The van der Waals surface area contributed by atoms with Crippen molar-refractivity contribution in [3.05, 3.63) is 11.6 Å². The van der Waals surface area contributed by atoms with Gasteiger partial charge in [-0.1, -0.05) is 12.5 Å². The van der Waals surface area contributed by atoms with Crippen molar-refractivity contribution < 1.29 is 9.53 Å². The van der Waals surface area contributed by atoms with E-state index in [1.54, 1.807) is 0 Å². The van der Waals surface area contributed by atoms with Crippen LogP contribution in [0.15, 0.2) is 11.6 Å². The second kappa shape index (κ2) is 4.47. The number of ketones is 1. The predicted octanol–water partition coefficient (Wildman–Crippen LogP) is 4.29. The molecule has 0 bridgehead atoms. The molecule has 5 aliphatic rings. The van der Waals surface area contributed by atoms with Crippen LogP contribution in [0.3, 0.4) is 0 Å². The summed E-state index contributed by atoms with van der Waals surface area (Å²) in [4.78, 5) is 11.8. The van der Waals surface area contributed by atoms with Crippen molar-refractivity contribution >= 4 is 5.78 Å². The zero-order chi connectivity index (χ0) is 14.9. The molecule has 1 heterocycles. The number of fused-ring (bicyclic) bond motifs is 6. The molecule has 4 fully saturated rings. The van der Waals surface area contributed by atoms with Crippen molar-refractivity contribution in [1.82, 2.24) is 0 Å². The quantitative estimate of drug-likeness (QED) is 0.667. The van der Waals surface area contributed by atoms with Crippen molar-refractivity contribution in [2.45, 2.75) is 70.3 Å². The second-order valence-electron chi connectivity index (χ2n) is 8.89. The van der Waals surface area contributed by atoms with Crippen LogP contribution in [-0.2, 0) is 9.53 Å². The van der Waals surface area contributed by atoms with Gasteiger partial charge in [0, 0.05) is 12.8 Å². The van der Waals surface area contributed by atoms with Crippen molar-refractivity contribution in [3.8, 4) is 0 Å². The number of carbonyl (C=O) groups is 1. The summed E-state index contributed by atoms with van der Waals surface area (Å²) in [6.07, 6.45) is 13.2. The monoisotopic (exact) mass is 300 g/mol. The summed E-state index contributed by atoms with van der Waals surface area (Å²) in [5, 5.41) is 0. The molecular weight excluding hydrogens is 272 g/mol. The Morgan fingerprint density at radius 1 is 1.05 bits per heavy atom. The third kappa shape index (κ3) is 1.58.